The molecule has 0 aliphatic rings. The highest BCUT2D eigenvalue weighted by molar-refractivity contribution is 7.89. The van der Waals surface area contributed by atoms with Crippen LogP contribution in [0.5, 0.6) is 0 Å². The molecule has 0 saturated heterocycles. The van der Waals surface area contributed by atoms with E-state index in [0.717, 1.165) is 0 Å². The third kappa shape index (κ3) is 2.77. The highest BCUT2D eigenvalue weighted by atomic mass is 32.2. The van der Waals surface area contributed by atoms with Crippen LogP contribution in [0.4, 0.5) is 0 Å². The van der Waals surface area contributed by atoms with Crippen LogP contribution in [0.3, 0.4) is 0 Å². The first-order chi connectivity index (χ1) is 7.38. The Morgan fingerprint density at radius 2 is 2.38 bits per heavy atom. The molecule has 1 heterocycles. The second-order valence-electron chi connectivity index (χ2n) is 3.28. The Morgan fingerprint density at radius 1 is 1.75 bits per heavy atom. The van der Waals surface area contributed by atoms with Gasteiger partial charge >= 0.3 is 0 Å². The third-order valence-electron chi connectivity index (χ3n) is 2.10. The van der Waals surface area contributed by atoms with Crippen molar-refractivity contribution in [1.82, 2.24) is 14.5 Å². The number of nitrogens with two attached hydrogens (primary N) is 1. The van der Waals surface area contributed by atoms with Gasteiger partial charge in [0.2, 0.25) is 0 Å². The van der Waals surface area contributed by atoms with Crippen molar-refractivity contribution in [3.05, 3.63) is 12.3 Å². The van der Waals surface area contributed by atoms with Gasteiger partial charge in [0.15, 0.2) is 5.03 Å². The quantitative estimate of drug-likeness (QED) is 0.715. The van der Waals surface area contributed by atoms with E-state index in [1.54, 1.807) is 14.0 Å². The fourth-order valence-corrected chi connectivity index (χ4v) is 2.94. The molecule has 1 atom stereocenters. The SMILES string of the molecule is CCC(NS(=O)(=O)c1ccnn1C)C(N)=S. The number of thiocarbonyl (C=S) groups is 1. The minimum atomic E-state index is -3.62. The van der Waals surface area contributed by atoms with E-state index < -0.39 is 16.1 Å². The molecule has 8 heteroatoms. The molecule has 0 amide bonds. The maximum absolute atomic E-state index is 11.9. The van der Waals surface area contributed by atoms with E-state index in [2.05, 4.69) is 9.82 Å². The van der Waals surface area contributed by atoms with Gasteiger partial charge in [0.05, 0.1) is 17.2 Å². The molecular weight excluding hydrogens is 248 g/mol. The van der Waals surface area contributed by atoms with Crippen LogP contribution in [0.25, 0.3) is 0 Å². The Bertz CT molecular complexity index is 480. The lowest BCUT2D eigenvalue weighted by atomic mass is 10.2. The largest absolute Gasteiger partial charge is 0.392 e. The summed E-state index contributed by atoms with van der Waals surface area (Å²) in [7, 11) is -2.07. The van der Waals surface area contributed by atoms with E-state index in [-0.39, 0.29) is 10.0 Å². The molecule has 0 fully saturated rings. The first-order valence-electron chi connectivity index (χ1n) is 4.68. The molecule has 6 nitrogen and oxygen atoms in total. The normalized spacial score (nSPS) is 13.6. The zero-order valence-corrected chi connectivity index (χ0v) is 10.7. The monoisotopic (exact) mass is 262 g/mol. The molecule has 0 bridgehead atoms. The number of hydrogen-bond donors (Lipinski definition) is 2. The maximum Gasteiger partial charge on any atom is 0.258 e. The summed E-state index contributed by atoms with van der Waals surface area (Å²) >= 11 is 4.77. The van der Waals surface area contributed by atoms with Crippen molar-refractivity contribution in [2.24, 2.45) is 12.8 Å². The Labute approximate surface area is 99.9 Å². The molecule has 0 aromatic carbocycles. The average Bonchev–Trinajstić information content (AvgIpc) is 2.61. The van der Waals surface area contributed by atoms with Crippen LogP contribution in [-0.4, -0.2) is 29.2 Å². The lowest BCUT2D eigenvalue weighted by Gasteiger charge is -2.15. The standard InChI is InChI=1S/C8H14N4O2S2/c1-3-6(8(9)15)11-16(13,14)7-4-5-10-12(7)2/h4-6,11H,3H2,1-2H3,(H2,9,15). The summed E-state index contributed by atoms with van der Waals surface area (Å²) in [6, 6.07) is 0.879. The number of rotatable bonds is 5. The van der Waals surface area contributed by atoms with E-state index in [4.69, 9.17) is 18.0 Å². The second-order valence-corrected chi connectivity index (χ2v) is 5.41. The van der Waals surface area contributed by atoms with Gasteiger partial charge in [-0.1, -0.05) is 19.1 Å². The van der Waals surface area contributed by atoms with Crippen molar-refractivity contribution >= 4 is 27.2 Å². The summed E-state index contributed by atoms with van der Waals surface area (Å²) in [4.78, 5) is 0.133. The van der Waals surface area contributed by atoms with Crippen molar-refractivity contribution in [3.8, 4) is 0 Å². The highest BCUT2D eigenvalue weighted by Gasteiger charge is 2.22. The van der Waals surface area contributed by atoms with Crippen LogP contribution in [0.1, 0.15) is 13.3 Å². The number of nitrogens with zero attached hydrogens (tertiary/aromatic N) is 2. The molecular formula is C8H14N4O2S2. The predicted molar refractivity (Wildman–Crippen MR) is 64.4 cm³/mol. The van der Waals surface area contributed by atoms with E-state index in [9.17, 15) is 8.42 Å². The lowest BCUT2D eigenvalue weighted by Crippen LogP contribution is -2.43. The van der Waals surface area contributed by atoms with Crippen LogP contribution in [0.15, 0.2) is 17.3 Å². The Balaban J connectivity index is 2.97. The van der Waals surface area contributed by atoms with Gasteiger partial charge in [0.1, 0.15) is 0 Å². The number of hydrogen-bond acceptors (Lipinski definition) is 4. The van der Waals surface area contributed by atoms with Crippen molar-refractivity contribution in [2.75, 3.05) is 0 Å². The molecule has 0 aliphatic carbocycles. The maximum atomic E-state index is 11.9. The summed E-state index contributed by atoms with van der Waals surface area (Å²) < 4.78 is 27.5. The zero-order valence-electron chi connectivity index (χ0n) is 9.04. The topological polar surface area (TPSA) is 90.0 Å². The Kier molecular flexibility index (Phi) is 4.00. The van der Waals surface area contributed by atoms with Crippen molar-refractivity contribution < 1.29 is 8.42 Å². The first kappa shape index (κ1) is 13.1. The van der Waals surface area contributed by atoms with Gasteiger partial charge < -0.3 is 5.73 Å². The fraction of sp³-hybridized carbons (Fsp3) is 0.500. The summed E-state index contributed by atoms with van der Waals surface area (Å²) in [6.45, 7) is 1.80. The minimum absolute atomic E-state index is 0.0854. The van der Waals surface area contributed by atoms with Gasteiger partial charge in [0.25, 0.3) is 10.0 Å². The number of sulfonamides is 1. The van der Waals surface area contributed by atoms with E-state index in [0.29, 0.717) is 6.42 Å². The molecule has 1 unspecified atom stereocenters. The van der Waals surface area contributed by atoms with Gasteiger partial charge in [0, 0.05) is 7.05 Å². The highest BCUT2D eigenvalue weighted by Crippen LogP contribution is 2.07. The van der Waals surface area contributed by atoms with Crippen molar-refractivity contribution in [1.29, 1.82) is 0 Å². The number of aryl methyl sites for hydroxylation is 1. The molecule has 1 aromatic rings. The van der Waals surface area contributed by atoms with Gasteiger partial charge in [-0.25, -0.2) is 8.42 Å². The first-order valence-corrected chi connectivity index (χ1v) is 6.57. The molecule has 0 aliphatic heterocycles. The van der Waals surface area contributed by atoms with Crippen molar-refractivity contribution in [2.45, 2.75) is 24.4 Å². The van der Waals surface area contributed by atoms with E-state index in [1.807, 2.05) is 0 Å². The summed E-state index contributed by atoms with van der Waals surface area (Å²) in [5, 5.41) is 3.88. The molecule has 3 N–H and O–H groups in total. The van der Waals surface area contributed by atoms with Crippen molar-refractivity contribution in [3.63, 3.8) is 0 Å². The van der Waals surface area contributed by atoms with Crippen LogP contribution in [0, 0.1) is 0 Å². The molecule has 0 radical (unpaired) electrons. The van der Waals surface area contributed by atoms with Gasteiger partial charge in [-0.15, -0.1) is 0 Å². The fourth-order valence-electron chi connectivity index (χ4n) is 1.22. The molecule has 0 saturated carbocycles. The molecule has 16 heavy (non-hydrogen) atoms. The minimum Gasteiger partial charge on any atom is -0.392 e. The van der Waals surface area contributed by atoms with Crippen LogP contribution in [-0.2, 0) is 17.1 Å². The molecule has 1 rings (SSSR count). The van der Waals surface area contributed by atoms with Gasteiger partial charge in [-0.2, -0.15) is 9.82 Å². The number of nitrogens with one attached hydrogen (secondary N) is 1. The van der Waals surface area contributed by atoms with Gasteiger partial charge in [-0.3, -0.25) is 4.68 Å². The van der Waals surface area contributed by atoms with Crippen LogP contribution >= 0.6 is 12.2 Å². The summed E-state index contributed by atoms with van der Waals surface area (Å²) in [5.41, 5.74) is 5.43. The predicted octanol–water partition coefficient (Wildman–Crippen LogP) is -0.237. The molecule has 90 valence electrons. The van der Waals surface area contributed by atoms with Crippen LogP contribution < -0.4 is 10.5 Å². The van der Waals surface area contributed by atoms with Gasteiger partial charge in [-0.05, 0) is 12.5 Å². The third-order valence-corrected chi connectivity index (χ3v) is 3.93. The lowest BCUT2D eigenvalue weighted by molar-refractivity contribution is 0.555. The average molecular weight is 262 g/mol. The Hall–Kier alpha value is -0.990. The second kappa shape index (κ2) is 4.89. The van der Waals surface area contributed by atoms with Crippen LogP contribution in [0.2, 0.25) is 0 Å². The molecule has 0 spiro atoms. The van der Waals surface area contributed by atoms with E-state index >= 15 is 0 Å². The summed E-state index contributed by atoms with van der Waals surface area (Å²) in [6.07, 6.45) is 1.92. The smallest absolute Gasteiger partial charge is 0.258 e. The zero-order chi connectivity index (χ0) is 12.3. The Morgan fingerprint density at radius 3 is 2.75 bits per heavy atom. The summed E-state index contributed by atoms with van der Waals surface area (Å²) in [5.74, 6) is 0. The molecule has 1 aromatic heterocycles. The van der Waals surface area contributed by atoms with E-state index in [1.165, 1.54) is 16.9 Å². The number of aromatic nitrogens is 2.